The van der Waals surface area contributed by atoms with Gasteiger partial charge < -0.3 is 10.5 Å². The van der Waals surface area contributed by atoms with Gasteiger partial charge in [0.1, 0.15) is 0 Å². The number of ether oxygens (including phenoxy) is 1. The van der Waals surface area contributed by atoms with E-state index < -0.39 is 0 Å². The van der Waals surface area contributed by atoms with Crippen LogP contribution in [0.4, 0.5) is 0 Å². The van der Waals surface area contributed by atoms with Crippen LogP contribution >= 0.6 is 0 Å². The summed E-state index contributed by atoms with van der Waals surface area (Å²) in [4.78, 5) is 0. The van der Waals surface area contributed by atoms with E-state index in [1.807, 2.05) is 0 Å². The Kier molecular flexibility index (Phi) is 7.52. The van der Waals surface area contributed by atoms with Gasteiger partial charge in [-0.3, -0.25) is 0 Å². The van der Waals surface area contributed by atoms with E-state index in [1.54, 1.807) is 0 Å². The van der Waals surface area contributed by atoms with E-state index in [0.29, 0.717) is 6.10 Å². The predicted octanol–water partition coefficient (Wildman–Crippen LogP) is 1.95. The quantitative estimate of drug-likeness (QED) is 0.625. The highest BCUT2D eigenvalue weighted by Gasteiger charge is 2.11. The Morgan fingerprint density at radius 3 is 2.64 bits per heavy atom. The second-order valence-corrected chi connectivity index (χ2v) is 2.57. The molecule has 2 nitrogen and oxygen atoms in total. The molecule has 0 amide bonds. The summed E-state index contributed by atoms with van der Waals surface area (Å²) in [6, 6.07) is 0. The molecule has 0 saturated carbocycles. The van der Waals surface area contributed by atoms with Crippen molar-refractivity contribution in [3.8, 4) is 0 Å². The molecule has 0 aromatic heterocycles. The van der Waals surface area contributed by atoms with Crippen molar-refractivity contribution >= 4 is 0 Å². The first-order chi connectivity index (χ1) is 5.43. The van der Waals surface area contributed by atoms with Crippen molar-refractivity contribution in [1.29, 1.82) is 0 Å². The fraction of sp³-hybridized carbons (Fsp3) is 0.778. The van der Waals surface area contributed by atoms with Gasteiger partial charge in [0.05, 0.1) is 6.10 Å². The van der Waals surface area contributed by atoms with E-state index in [0.717, 1.165) is 19.6 Å². The van der Waals surface area contributed by atoms with Crippen LogP contribution in [0, 0.1) is 0 Å². The maximum atomic E-state index is 5.44. The third-order valence-corrected chi connectivity index (χ3v) is 1.76. The third kappa shape index (κ3) is 4.99. The molecule has 2 N–H and O–H groups in total. The first-order valence-electron chi connectivity index (χ1n) is 4.25. The van der Waals surface area contributed by atoms with Crippen molar-refractivity contribution in [1.82, 2.24) is 0 Å². The number of rotatable bonds is 2. The van der Waals surface area contributed by atoms with Crippen LogP contribution in [0.15, 0.2) is 13.2 Å². The van der Waals surface area contributed by atoms with Crippen LogP contribution in [0.1, 0.15) is 27.1 Å². The van der Waals surface area contributed by atoms with Crippen LogP contribution in [0.3, 0.4) is 0 Å². The van der Waals surface area contributed by atoms with Crippen molar-refractivity contribution in [2.24, 2.45) is 5.73 Å². The predicted molar refractivity (Wildman–Crippen MR) is 50.6 cm³/mol. The van der Waals surface area contributed by atoms with Gasteiger partial charge in [-0.15, -0.1) is 13.2 Å². The Hall–Kier alpha value is -0.340. The Balaban J connectivity index is 0. The molecule has 0 spiro atoms. The van der Waals surface area contributed by atoms with E-state index in [4.69, 9.17) is 10.5 Å². The summed E-state index contributed by atoms with van der Waals surface area (Å²) in [5, 5.41) is 0. The SMILES string of the molecule is C=C.NCCC1CCCCO1.[HH]. The molecule has 1 unspecified atom stereocenters. The van der Waals surface area contributed by atoms with E-state index in [2.05, 4.69) is 13.2 Å². The minimum atomic E-state index is 0. The molecule has 0 radical (unpaired) electrons. The van der Waals surface area contributed by atoms with Crippen LogP contribution in [0.25, 0.3) is 0 Å². The molecule has 11 heavy (non-hydrogen) atoms. The molecule has 1 aliphatic rings. The molecule has 2 heteroatoms. The number of hydrogen-bond acceptors (Lipinski definition) is 2. The second kappa shape index (κ2) is 7.76. The molecule has 0 aromatic carbocycles. The van der Waals surface area contributed by atoms with Crippen molar-refractivity contribution in [2.45, 2.75) is 31.8 Å². The normalized spacial score (nSPS) is 23.5. The van der Waals surface area contributed by atoms with Crippen molar-refractivity contribution in [3.05, 3.63) is 13.2 Å². The largest absolute Gasteiger partial charge is 0.378 e. The fourth-order valence-corrected chi connectivity index (χ4v) is 1.22. The molecule has 1 heterocycles. The average molecular weight is 159 g/mol. The topological polar surface area (TPSA) is 35.2 Å². The maximum Gasteiger partial charge on any atom is 0.0587 e. The lowest BCUT2D eigenvalue weighted by Crippen LogP contribution is -2.21. The Bertz CT molecular complexity index is 81.8. The van der Waals surface area contributed by atoms with Gasteiger partial charge in [0.15, 0.2) is 0 Å². The zero-order valence-corrected chi connectivity index (χ0v) is 7.22. The highest BCUT2D eigenvalue weighted by atomic mass is 16.5. The summed E-state index contributed by atoms with van der Waals surface area (Å²) in [6.45, 7) is 7.72. The lowest BCUT2D eigenvalue weighted by atomic mass is 10.1. The monoisotopic (exact) mass is 159 g/mol. The van der Waals surface area contributed by atoms with Crippen molar-refractivity contribution in [2.75, 3.05) is 13.2 Å². The van der Waals surface area contributed by atoms with Gasteiger partial charge in [0.25, 0.3) is 0 Å². The Morgan fingerprint density at radius 1 is 1.45 bits per heavy atom. The second-order valence-electron chi connectivity index (χ2n) is 2.57. The van der Waals surface area contributed by atoms with Gasteiger partial charge in [-0.25, -0.2) is 0 Å². The highest BCUT2D eigenvalue weighted by Crippen LogP contribution is 2.14. The number of hydrogen-bond donors (Lipinski definition) is 1. The van der Waals surface area contributed by atoms with Crippen LogP contribution in [-0.2, 0) is 4.74 Å². The minimum Gasteiger partial charge on any atom is -0.378 e. The Labute approximate surface area is 70.9 Å². The summed E-state index contributed by atoms with van der Waals surface area (Å²) in [7, 11) is 0. The molecule has 1 saturated heterocycles. The fourth-order valence-electron chi connectivity index (χ4n) is 1.22. The summed E-state index contributed by atoms with van der Waals surface area (Å²) >= 11 is 0. The first-order valence-corrected chi connectivity index (χ1v) is 4.25. The molecular formula is C9H21NO. The molecule has 1 rings (SSSR count). The van der Waals surface area contributed by atoms with Gasteiger partial charge >= 0.3 is 0 Å². The van der Waals surface area contributed by atoms with Gasteiger partial charge in [0.2, 0.25) is 0 Å². The Morgan fingerprint density at radius 2 is 2.18 bits per heavy atom. The van der Waals surface area contributed by atoms with E-state index in [-0.39, 0.29) is 1.43 Å². The molecule has 68 valence electrons. The summed E-state index contributed by atoms with van der Waals surface area (Å²) in [6.07, 6.45) is 5.30. The van der Waals surface area contributed by atoms with Crippen molar-refractivity contribution in [3.63, 3.8) is 0 Å². The van der Waals surface area contributed by atoms with Gasteiger partial charge in [-0.1, -0.05) is 0 Å². The molecule has 1 aliphatic heterocycles. The van der Waals surface area contributed by atoms with E-state index in [9.17, 15) is 0 Å². The first kappa shape index (κ1) is 10.7. The van der Waals surface area contributed by atoms with Crippen LogP contribution < -0.4 is 5.73 Å². The smallest absolute Gasteiger partial charge is 0.0587 e. The maximum absolute atomic E-state index is 5.44. The highest BCUT2D eigenvalue weighted by molar-refractivity contribution is 4.63. The lowest BCUT2D eigenvalue weighted by molar-refractivity contribution is 0.0128. The molecule has 0 aromatic rings. The summed E-state index contributed by atoms with van der Waals surface area (Å²) in [5.41, 5.74) is 5.38. The van der Waals surface area contributed by atoms with Crippen molar-refractivity contribution < 1.29 is 6.16 Å². The molecule has 1 atom stereocenters. The molecule has 1 fully saturated rings. The number of nitrogens with two attached hydrogens (primary N) is 1. The summed E-state index contributed by atoms with van der Waals surface area (Å²) in [5.74, 6) is 0. The van der Waals surface area contributed by atoms with E-state index in [1.165, 1.54) is 19.3 Å². The van der Waals surface area contributed by atoms with Gasteiger partial charge in [0, 0.05) is 8.03 Å². The molecular weight excluding hydrogens is 138 g/mol. The van der Waals surface area contributed by atoms with Gasteiger partial charge in [-0.2, -0.15) is 0 Å². The standard InChI is InChI=1S/C7H15NO.C2H4.H2/c8-5-4-7-3-1-2-6-9-7;1-2;/h7H,1-6,8H2;1-2H2;1H. The van der Waals surface area contributed by atoms with Gasteiger partial charge in [-0.05, 0) is 32.2 Å². The molecule has 0 bridgehead atoms. The third-order valence-electron chi connectivity index (χ3n) is 1.76. The van der Waals surface area contributed by atoms with Crippen LogP contribution in [0.5, 0.6) is 0 Å². The summed E-state index contributed by atoms with van der Waals surface area (Å²) < 4.78 is 5.44. The zero-order chi connectivity index (χ0) is 8.53. The average Bonchev–Trinajstić information content (AvgIpc) is 2.11. The van der Waals surface area contributed by atoms with E-state index >= 15 is 0 Å². The molecule has 0 aliphatic carbocycles. The lowest BCUT2D eigenvalue weighted by Gasteiger charge is -2.21. The minimum absolute atomic E-state index is 0. The van der Waals surface area contributed by atoms with Crippen LogP contribution in [-0.4, -0.2) is 19.3 Å². The zero-order valence-electron chi connectivity index (χ0n) is 7.22. The van der Waals surface area contributed by atoms with Crippen LogP contribution in [0.2, 0.25) is 0 Å².